The molecule has 1 heterocycles. The number of rotatable bonds is 8. The van der Waals surface area contributed by atoms with E-state index in [0.717, 1.165) is 38.2 Å². The van der Waals surface area contributed by atoms with Crippen molar-refractivity contribution < 1.29 is 18.1 Å². The van der Waals surface area contributed by atoms with E-state index in [-0.39, 0.29) is 10.6 Å². The first-order valence-electron chi connectivity index (χ1n) is 9.62. The molecule has 150 valence electrons. The molecule has 0 amide bonds. The Morgan fingerprint density at radius 3 is 2.52 bits per heavy atom. The minimum Gasteiger partial charge on any atom is -0.377 e. The standard InChI is InChI=1S/C18H27N3O5S/c22-21(23)18-14-16(27(24,25)20-11-4-1-5-12-20)8-9-17(18)19-10-13-26-15-6-2-3-7-15/h8-9,14-15,19H,1-7,10-13H2. The fourth-order valence-corrected chi connectivity index (χ4v) is 5.23. The van der Waals surface area contributed by atoms with Crippen molar-refractivity contribution in [1.29, 1.82) is 0 Å². The molecular formula is C18H27N3O5S. The van der Waals surface area contributed by atoms with Gasteiger partial charge in [-0.15, -0.1) is 0 Å². The normalized spacial score (nSPS) is 19.3. The molecule has 0 radical (unpaired) electrons. The summed E-state index contributed by atoms with van der Waals surface area (Å²) in [5, 5.41) is 14.4. The maximum Gasteiger partial charge on any atom is 0.293 e. The van der Waals surface area contributed by atoms with Crippen molar-refractivity contribution in [1.82, 2.24) is 4.31 Å². The quantitative estimate of drug-likeness (QED) is 0.411. The molecule has 1 aliphatic heterocycles. The third-order valence-corrected chi connectivity index (χ3v) is 7.09. The molecule has 0 aromatic heterocycles. The maximum absolute atomic E-state index is 12.7. The minimum atomic E-state index is -3.69. The van der Waals surface area contributed by atoms with Crippen LogP contribution in [0.25, 0.3) is 0 Å². The lowest BCUT2D eigenvalue weighted by molar-refractivity contribution is -0.384. The van der Waals surface area contributed by atoms with E-state index >= 15 is 0 Å². The fourth-order valence-electron chi connectivity index (χ4n) is 3.69. The van der Waals surface area contributed by atoms with Crippen LogP contribution in [0.1, 0.15) is 44.9 Å². The number of nitro benzene ring substituents is 1. The highest BCUT2D eigenvalue weighted by atomic mass is 32.2. The number of hydrogen-bond acceptors (Lipinski definition) is 6. The predicted octanol–water partition coefficient (Wildman–Crippen LogP) is 3.14. The smallest absolute Gasteiger partial charge is 0.293 e. The second-order valence-corrected chi connectivity index (χ2v) is 9.04. The number of hydrogen-bond donors (Lipinski definition) is 1. The molecule has 0 unspecified atom stereocenters. The summed E-state index contributed by atoms with van der Waals surface area (Å²) in [6, 6.07) is 4.08. The molecular weight excluding hydrogens is 370 g/mol. The molecule has 2 fully saturated rings. The zero-order valence-electron chi connectivity index (χ0n) is 15.4. The summed E-state index contributed by atoms with van der Waals surface area (Å²) in [7, 11) is -3.69. The van der Waals surface area contributed by atoms with Crippen molar-refractivity contribution >= 4 is 21.4 Å². The second kappa shape index (κ2) is 8.99. The van der Waals surface area contributed by atoms with Gasteiger partial charge < -0.3 is 10.1 Å². The summed E-state index contributed by atoms with van der Waals surface area (Å²) in [6.45, 7) is 1.84. The van der Waals surface area contributed by atoms with Gasteiger partial charge in [-0.1, -0.05) is 19.3 Å². The lowest BCUT2D eigenvalue weighted by Crippen LogP contribution is -2.35. The molecule has 0 atom stereocenters. The number of anilines is 1. The molecule has 2 aliphatic rings. The van der Waals surface area contributed by atoms with Crippen LogP contribution in [0.4, 0.5) is 11.4 Å². The highest BCUT2D eigenvalue weighted by Crippen LogP contribution is 2.30. The van der Waals surface area contributed by atoms with Crippen LogP contribution in [0.15, 0.2) is 23.1 Å². The molecule has 3 rings (SSSR count). The number of benzene rings is 1. The van der Waals surface area contributed by atoms with E-state index in [9.17, 15) is 18.5 Å². The van der Waals surface area contributed by atoms with Gasteiger partial charge in [0.25, 0.3) is 5.69 Å². The first-order chi connectivity index (χ1) is 13.0. The van der Waals surface area contributed by atoms with Gasteiger partial charge >= 0.3 is 0 Å². The third kappa shape index (κ3) is 4.97. The Labute approximate surface area is 160 Å². The number of nitrogens with one attached hydrogen (secondary N) is 1. The van der Waals surface area contributed by atoms with Crippen LogP contribution >= 0.6 is 0 Å². The van der Waals surface area contributed by atoms with Crippen molar-refractivity contribution in [3.05, 3.63) is 28.3 Å². The molecule has 1 aromatic carbocycles. The van der Waals surface area contributed by atoms with E-state index in [1.54, 1.807) is 0 Å². The Balaban J connectivity index is 1.67. The zero-order chi connectivity index (χ0) is 19.3. The summed E-state index contributed by atoms with van der Waals surface area (Å²) in [5.74, 6) is 0. The Bertz CT molecular complexity index is 756. The van der Waals surface area contributed by atoms with Gasteiger partial charge in [0.05, 0.1) is 22.5 Å². The molecule has 27 heavy (non-hydrogen) atoms. The Morgan fingerprint density at radius 1 is 1.15 bits per heavy atom. The molecule has 1 saturated carbocycles. The van der Waals surface area contributed by atoms with E-state index in [2.05, 4.69) is 5.32 Å². The van der Waals surface area contributed by atoms with Crippen LogP contribution in [0, 0.1) is 10.1 Å². The molecule has 1 N–H and O–H groups in total. The fraction of sp³-hybridized carbons (Fsp3) is 0.667. The van der Waals surface area contributed by atoms with Gasteiger partial charge in [-0.3, -0.25) is 10.1 Å². The minimum absolute atomic E-state index is 0.0242. The first kappa shape index (κ1) is 20.0. The Kier molecular flexibility index (Phi) is 6.67. The topological polar surface area (TPSA) is 102 Å². The van der Waals surface area contributed by atoms with Crippen molar-refractivity contribution in [2.45, 2.75) is 55.9 Å². The molecule has 1 aliphatic carbocycles. The lowest BCUT2D eigenvalue weighted by atomic mass is 10.2. The molecule has 8 nitrogen and oxygen atoms in total. The van der Waals surface area contributed by atoms with Gasteiger partial charge in [0.15, 0.2) is 0 Å². The number of ether oxygens (including phenoxy) is 1. The van der Waals surface area contributed by atoms with Crippen molar-refractivity contribution in [3.63, 3.8) is 0 Å². The van der Waals surface area contributed by atoms with Crippen molar-refractivity contribution in [3.8, 4) is 0 Å². The summed E-state index contributed by atoms with van der Waals surface area (Å²) < 4.78 is 32.6. The van der Waals surface area contributed by atoms with E-state index in [1.807, 2.05) is 0 Å². The van der Waals surface area contributed by atoms with E-state index < -0.39 is 14.9 Å². The number of nitrogens with zero attached hydrogens (tertiary/aromatic N) is 2. The van der Waals surface area contributed by atoms with Crippen molar-refractivity contribution in [2.75, 3.05) is 31.6 Å². The van der Waals surface area contributed by atoms with Crippen LogP contribution in [0.5, 0.6) is 0 Å². The van der Waals surface area contributed by atoms with Crippen LogP contribution in [-0.2, 0) is 14.8 Å². The van der Waals surface area contributed by atoms with Crippen LogP contribution in [0.2, 0.25) is 0 Å². The third-order valence-electron chi connectivity index (χ3n) is 5.19. The van der Waals surface area contributed by atoms with Gasteiger partial charge in [-0.2, -0.15) is 4.31 Å². The van der Waals surface area contributed by atoms with Gasteiger partial charge in [0.1, 0.15) is 5.69 Å². The number of nitro groups is 1. The highest BCUT2D eigenvalue weighted by molar-refractivity contribution is 7.89. The first-order valence-corrected chi connectivity index (χ1v) is 11.1. The average Bonchev–Trinajstić information content (AvgIpc) is 3.19. The molecule has 1 aromatic rings. The van der Waals surface area contributed by atoms with Crippen LogP contribution in [0.3, 0.4) is 0 Å². The van der Waals surface area contributed by atoms with E-state index in [0.29, 0.717) is 38.0 Å². The van der Waals surface area contributed by atoms with Gasteiger partial charge in [-0.05, 0) is 37.8 Å². The number of sulfonamides is 1. The van der Waals surface area contributed by atoms with Gasteiger partial charge in [-0.25, -0.2) is 8.42 Å². The van der Waals surface area contributed by atoms with Crippen LogP contribution < -0.4 is 5.32 Å². The maximum atomic E-state index is 12.7. The SMILES string of the molecule is O=[N+]([O-])c1cc(S(=O)(=O)N2CCCCC2)ccc1NCCOC1CCCC1. The molecule has 1 saturated heterocycles. The van der Waals surface area contributed by atoms with Crippen LogP contribution in [-0.4, -0.2) is 50.0 Å². The van der Waals surface area contributed by atoms with Gasteiger partial charge in [0, 0.05) is 25.7 Å². The van der Waals surface area contributed by atoms with E-state index in [4.69, 9.17) is 4.74 Å². The molecule has 0 spiro atoms. The highest BCUT2D eigenvalue weighted by Gasteiger charge is 2.28. The Hall–Kier alpha value is -1.71. The van der Waals surface area contributed by atoms with E-state index in [1.165, 1.54) is 29.3 Å². The zero-order valence-corrected chi connectivity index (χ0v) is 16.2. The van der Waals surface area contributed by atoms with Crippen molar-refractivity contribution in [2.24, 2.45) is 0 Å². The lowest BCUT2D eigenvalue weighted by Gasteiger charge is -2.25. The summed E-state index contributed by atoms with van der Waals surface area (Å²) >= 11 is 0. The predicted molar refractivity (Wildman–Crippen MR) is 102 cm³/mol. The van der Waals surface area contributed by atoms with Gasteiger partial charge in [0.2, 0.25) is 10.0 Å². The number of piperidine rings is 1. The largest absolute Gasteiger partial charge is 0.377 e. The summed E-state index contributed by atoms with van der Waals surface area (Å²) in [5.41, 5.74) is 0.0848. The summed E-state index contributed by atoms with van der Waals surface area (Å²) in [6.07, 6.45) is 7.47. The second-order valence-electron chi connectivity index (χ2n) is 7.10. The molecule has 0 bridgehead atoms. The molecule has 9 heteroatoms. The Morgan fingerprint density at radius 2 is 1.85 bits per heavy atom. The average molecular weight is 397 g/mol. The summed E-state index contributed by atoms with van der Waals surface area (Å²) in [4.78, 5) is 10.9. The monoisotopic (exact) mass is 397 g/mol.